The minimum Gasteiger partial charge on any atom is -0.341 e. The highest BCUT2D eigenvalue weighted by Crippen LogP contribution is 2.19. The van der Waals surface area contributed by atoms with Gasteiger partial charge in [-0.05, 0) is 42.8 Å². The lowest BCUT2D eigenvalue weighted by Gasteiger charge is -2.13. The van der Waals surface area contributed by atoms with Crippen LogP contribution in [-0.2, 0) is 6.54 Å². The second-order valence-corrected chi connectivity index (χ2v) is 5.87. The SMILES string of the molecule is C[C@@H](NCc1nc2ccc(Cl)cc2[nH]1)c1ccc(Cl)cc1. The maximum Gasteiger partial charge on any atom is 0.121 e. The Balaban J connectivity index is 1.69. The average molecular weight is 320 g/mol. The number of hydrogen-bond donors (Lipinski definition) is 2. The molecule has 5 heteroatoms. The zero-order valence-corrected chi connectivity index (χ0v) is 13.0. The molecule has 1 heterocycles. The number of aromatic nitrogens is 2. The molecule has 0 aliphatic rings. The molecule has 1 aromatic heterocycles. The molecule has 0 aliphatic carbocycles. The molecular formula is C16H15Cl2N3. The first-order valence-electron chi connectivity index (χ1n) is 6.75. The van der Waals surface area contributed by atoms with E-state index in [0.717, 1.165) is 21.9 Å². The Morgan fingerprint density at radius 3 is 2.57 bits per heavy atom. The van der Waals surface area contributed by atoms with Gasteiger partial charge in [-0.2, -0.15) is 0 Å². The van der Waals surface area contributed by atoms with E-state index in [9.17, 15) is 0 Å². The van der Waals surface area contributed by atoms with Crippen molar-refractivity contribution in [2.24, 2.45) is 0 Å². The zero-order valence-electron chi connectivity index (χ0n) is 11.5. The van der Waals surface area contributed by atoms with E-state index in [2.05, 4.69) is 22.2 Å². The van der Waals surface area contributed by atoms with Gasteiger partial charge in [-0.1, -0.05) is 35.3 Å². The van der Waals surface area contributed by atoms with Crippen molar-refractivity contribution in [2.45, 2.75) is 19.5 Å². The first-order chi connectivity index (χ1) is 10.1. The molecular weight excluding hydrogens is 305 g/mol. The predicted octanol–water partition coefficient (Wildman–Crippen LogP) is 4.72. The Morgan fingerprint density at radius 1 is 1.10 bits per heavy atom. The standard InChI is InChI=1S/C16H15Cl2N3/c1-10(11-2-4-12(17)5-3-11)19-9-16-20-14-7-6-13(18)8-15(14)21-16/h2-8,10,19H,9H2,1H3,(H,20,21)/t10-/m1/s1. The van der Waals surface area contributed by atoms with E-state index in [-0.39, 0.29) is 6.04 Å². The molecule has 0 saturated carbocycles. The highest BCUT2D eigenvalue weighted by Gasteiger charge is 2.07. The van der Waals surface area contributed by atoms with Crippen molar-refractivity contribution in [3.05, 3.63) is 63.9 Å². The van der Waals surface area contributed by atoms with Crippen LogP contribution in [0.1, 0.15) is 24.4 Å². The van der Waals surface area contributed by atoms with E-state index in [1.54, 1.807) is 0 Å². The van der Waals surface area contributed by atoms with Crippen LogP contribution >= 0.6 is 23.2 Å². The summed E-state index contributed by atoms with van der Waals surface area (Å²) in [5.74, 6) is 0.896. The van der Waals surface area contributed by atoms with Gasteiger partial charge < -0.3 is 10.3 Å². The molecule has 0 saturated heterocycles. The summed E-state index contributed by atoms with van der Waals surface area (Å²) in [6.07, 6.45) is 0. The molecule has 21 heavy (non-hydrogen) atoms. The van der Waals surface area contributed by atoms with Gasteiger partial charge in [0.25, 0.3) is 0 Å². The Morgan fingerprint density at radius 2 is 1.81 bits per heavy atom. The van der Waals surface area contributed by atoms with Crippen molar-refractivity contribution in [1.82, 2.24) is 15.3 Å². The molecule has 0 unspecified atom stereocenters. The normalized spacial score (nSPS) is 12.7. The summed E-state index contributed by atoms with van der Waals surface area (Å²) in [6.45, 7) is 2.78. The van der Waals surface area contributed by atoms with Gasteiger partial charge in [0.05, 0.1) is 17.6 Å². The maximum atomic E-state index is 5.97. The molecule has 3 rings (SSSR count). The number of rotatable bonds is 4. The van der Waals surface area contributed by atoms with Crippen LogP contribution < -0.4 is 5.32 Å². The van der Waals surface area contributed by atoms with Crippen LogP contribution in [0.4, 0.5) is 0 Å². The van der Waals surface area contributed by atoms with Gasteiger partial charge >= 0.3 is 0 Å². The van der Waals surface area contributed by atoms with Crippen molar-refractivity contribution < 1.29 is 0 Å². The lowest BCUT2D eigenvalue weighted by molar-refractivity contribution is 0.563. The van der Waals surface area contributed by atoms with Crippen molar-refractivity contribution in [2.75, 3.05) is 0 Å². The van der Waals surface area contributed by atoms with Crippen molar-refractivity contribution in [1.29, 1.82) is 0 Å². The summed E-state index contributed by atoms with van der Waals surface area (Å²) in [5.41, 5.74) is 3.08. The summed E-state index contributed by atoms with van der Waals surface area (Å²) < 4.78 is 0. The molecule has 108 valence electrons. The Bertz CT molecular complexity index is 750. The van der Waals surface area contributed by atoms with Crippen LogP contribution in [0.15, 0.2) is 42.5 Å². The number of H-pyrrole nitrogens is 1. The second-order valence-electron chi connectivity index (χ2n) is 5.00. The maximum absolute atomic E-state index is 5.97. The third kappa shape index (κ3) is 3.38. The fraction of sp³-hybridized carbons (Fsp3) is 0.188. The number of nitrogens with zero attached hydrogens (tertiary/aromatic N) is 1. The highest BCUT2D eigenvalue weighted by atomic mass is 35.5. The third-order valence-corrected chi connectivity index (χ3v) is 3.93. The summed E-state index contributed by atoms with van der Waals surface area (Å²) in [5, 5.41) is 4.90. The van der Waals surface area contributed by atoms with E-state index in [1.165, 1.54) is 5.56 Å². The number of halogens is 2. The second kappa shape index (κ2) is 6.06. The van der Waals surface area contributed by atoms with Crippen LogP contribution in [0.2, 0.25) is 10.0 Å². The number of hydrogen-bond acceptors (Lipinski definition) is 2. The Labute approximate surface area is 133 Å². The molecule has 0 radical (unpaired) electrons. The molecule has 2 N–H and O–H groups in total. The quantitative estimate of drug-likeness (QED) is 0.730. The first-order valence-corrected chi connectivity index (χ1v) is 7.50. The number of imidazole rings is 1. The predicted molar refractivity (Wildman–Crippen MR) is 87.8 cm³/mol. The molecule has 0 bridgehead atoms. The van der Waals surface area contributed by atoms with Crippen molar-refractivity contribution in [3.8, 4) is 0 Å². The average Bonchev–Trinajstić information content (AvgIpc) is 2.87. The molecule has 1 atom stereocenters. The van der Waals surface area contributed by atoms with Crippen LogP contribution in [0.5, 0.6) is 0 Å². The van der Waals surface area contributed by atoms with Crippen LogP contribution in [0.3, 0.4) is 0 Å². The van der Waals surface area contributed by atoms with Crippen LogP contribution in [0.25, 0.3) is 11.0 Å². The smallest absolute Gasteiger partial charge is 0.121 e. The molecule has 0 spiro atoms. The van der Waals surface area contributed by atoms with E-state index >= 15 is 0 Å². The van der Waals surface area contributed by atoms with E-state index in [4.69, 9.17) is 23.2 Å². The van der Waals surface area contributed by atoms with E-state index in [0.29, 0.717) is 11.6 Å². The number of nitrogens with one attached hydrogen (secondary N) is 2. The lowest BCUT2D eigenvalue weighted by atomic mass is 10.1. The summed E-state index contributed by atoms with van der Waals surface area (Å²) in [6, 6.07) is 13.7. The molecule has 3 nitrogen and oxygen atoms in total. The van der Waals surface area contributed by atoms with Gasteiger partial charge in [0, 0.05) is 16.1 Å². The fourth-order valence-corrected chi connectivity index (χ4v) is 2.54. The summed E-state index contributed by atoms with van der Waals surface area (Å²) in [7, 11) is 0. The third-order valence-electron chi connectivity index (χ3n) is 3.44. The highest BCUT2D eigenvalue weighted by molar-refractivity contribution is 6.31. The Kier molecular flexibility index (Phi) is 4.15. The minimum atomic E-state index is 0.221. The lowest BCUT2D eigenvalue weighted by Crippen LogP contribution is -2.18. The molecule has 3 aromatic rings. The van der Waals surface area contributed by atoms with Gasteiger partial charge in [0.15, 0.2) is 0 Å². The monoisotopic (exact) mass is 319 g/mol. The minimum absolute atomic E-state index is 0.221. The first kappa shape index (κ1) is 14.4. The zero-order chi connectivity index (χ0) is 14.8. The largest absolute Gasteiger partial charge is 0.341 e. The number of fused-ring (bicyclic) bond motifs is 1. The van der Waals surface area contributed by atoms with Gasteiger partial charge in [0.1, 0.15) is 5.82 Å². The summed E-state index contributed by atoms with van der Waals surface area (Å²) >= 11 is 11.9. The van der Waals surface area contributed by atoms with Crippen LogP contribution in [-0.4, -0.2) is 9.97 Å². The summed E-state index contributed by atoms with van der Waals surface area (Å²) in [4.78, 5) is 7.81. The molecule has 0 fully saturated rings. The Hall–Kier alpha value is -1.55. The van der Waals surface area contributed by atoms with Crippen LogP contribution in [0, 0.1) is 0 Å². The van der Waals surface area contributed by atoms with Crippen molar-refractivity contribution >= 4 is 34.2 Å². The number of benzene rings is 2. The molecule has 2 aromatic carbocycles. The number of aromatic amines is 1. The van der Waals surface area contributed by atoms with Gasteiger partial charge in [-0.15, -0.1) is 0 Å². The van der Waals surface area contributed by atoms with Gasteiger partial charge in [-0.25, -0.2) is 4.98 Å². The van der Waals surface area contributed by atoms with Gasteiger partial charge in [0.2, 0.25) is 0 Å². The molecule has 0 aliphatic heterocycles. The topological polar surface area (TPSA) is 40.7 Å². The molecule has 0 amide bonds. The van der Waals surface area contributed by atoms with Crippen molar-refractivity contribution in [3.63, 3.8) is 0 Å². The van der Waals surface area contributed by atoms with Gasteiger partial charge in [-0.3, -0.25) is 0 Å². The van der Waals surface area contributed by atoms with E-state index in [1.807, 2.05) is 42.5 Å². The fourth-order valence-electron chi connectivity index (χ4n) is 2.24. The van der Waals surface area contributed by atoms with E-state index < -0.39 is 0 Å².